The van der Waals surface area contributed by atoms with Crippen LogP contribution in [0.15, 0.2) is 48.5 Å². The van der Waals surface area contributed by atoms with Crippen molar-refractivity contribution >= 4 is 23.6 Å². The predicted molar refractivity (Wildman–Crippen MR) is 134 cm³/mol. The van der Waals surface area contributed by atoms with Gasteiger partial charge in [-0.25, -0.2) is 0 Å². The van der Waals surface area contributed by atoms with Gasteiger partial charge >= 0.3 is 0 Å². The van der Waals surface area contributed by atoms with E-state index in [1.54, 1.807) is 16.7 Å². The lowest BCUT2D eigenvalue weighted by Crippen LogP contribution is -2.51. The van der Waals surface area contributed by atoms with Crippen molar-refractivity contribution in [1.82, 2.24) is 10.2 Å². The van der Waals surface area contributed by atoms with E-state index in [9.17, 15) is 9.59 Å². The van der Waals surface area contributed by atoms with Crippen molar-refractivity contribution in [2.45, 2.75) is 77.3 Å². The zero-order valence-electron chi connectivity index (χ0n) is 19.6. The van der Waals surface area contributed by atoms with Crippen molar-refractivity contribution in [2.24, 2.45) is 0 Å². The van der Waals surface area contributed by atoms with Crippen LogP contribution in [0.25, 0.3) is 0 Å². The standard InChI is InChI=1S/C27H36N2O2S/c1-4-25(27(31)28-24-14-7-8-15-24)29(17-23-13-6-5-11-21(23)3)26(30)19-32-18-22-12-9-10-20(2)16-22/h5-6,9-13,16,24-25H,4,7-8,14-15,17-19H2,1-3H3,(H,28,31)/t25-/m0/s1. The van der Waals surface area contributed by atoms with E-state index in [-0.39, 0.29) is 17.9 Å². The van der Waals surface area contributed by atoms with Gasteiger partial charge in [0, 0.05) is 18.3 Å². The van der Waals surface area contributed by atoms with Gasteiger partial charge in [-0.3, -0.25) is 9.59 Å². The summed E-state index contributed by atoms with van der Waals surface area (Å²) >= 11 is 1.62. The second kappa shape index (κ2) is 12.1. The van der Waals surface area contributed by atoms with Gasteiger partial charge in [0.2, 0.25) is 11.8 Å². The monoisotopic (exact) mass is 452 g/mol. The zero-order valence-corrected chi connectivity index (χ0v) is 20.4. The molecule has 1 saturated carbocycles. The molecule has 1 aliphatic carbocycles. The van der Waals surface area contributed by atoms with Crippen LogP contribution in [0.2, 0.25) is 0 Å². The van der Waals surface area contributed by atoms with Crippen molar-refractivity contribution in [3.05, 3.63) is 70.8 Å². The Kier molecular flexibility index (Phi) is 9.22. The Morgan fingerprint density at radius 2 is 1.84 bits per heavy atom. The fourth-order valence-corrected chi connectivity index (χ4v) is 5.26. The molecule has 172 valence electrons. The Morgan fingerprint density at radius 3 is 2.53 bits per heavy atom. The molecule has 1 atom stereocenters. The second-order valence-electron chi connectivity index (χ2n) is 8.84. The summed E-state index contributed by atoms with van der Waals surface area (Å²) in [6, 6.07) is 16.3. The number of hydrogen-bond donors (Lipinski definition) is 1. The lowest BCUT2D eigenvalue weighted by Gasteiger charge is -2.32. The number of carbonyl (C=O) groups is 2. The maximum atomic E-state index is 13.4. The molecule has 0 bridgehead atoms. The molecule has 0 heterocycles. The molecule has 5 heteroatoms. The first-order chi connectivity index (χ1) is 15.5. The van der Waals surface area contributed by atoms with Crippen LogP contribution in [-0.2, 0) is 21.9 Å². The van der Waals surface area contributed by atoms with E-state index in [4.69, 9.17) is 0 Å². The third-order valence-electron chi connectivity index (χ3n) is 6.27. The van der Waals surface area contributed by atoms with Crippen molar-refractivity contribution < 1.29 is 9.59 Å². The smallest absolute Gasteiger partial charge is 0.243 e. The molecule has 0 saturated heterocycles. The van der Waals surface area contributed by atoms with Gasteiger partial charge in [-0.05, 0) is 49.8 Å². The summed E-state index contributed by atoms with van der Waals surface area (Å²) in [5.41, 5.74) is 4.69. The number of nitrogens with one attached hydrogen (secondary N) is 1. The van der Waals surface area contributed by atoms with Crippen LogP contribution in [0.1, 0.15) is 61.3 Å². The van der Waals surface area contributed by atoms with Gasteiger partial charge in [0.25, 0.3) is 0 Å². The molecule has 0 radical (unpaired) electrons. The minimum Gasteiger partial charge on any atom is -0.352 e. The highest BCUT2D eigenvalue weighted by atomic mass is 32.2. The number of benzene rings is 2. The summed E-state index contributed by atoms with van der Waals surface area (Å²) in [6.45, 7) is 6.60. The fraction of sp³-hybridized carbons (Fsp3) is 0.481. The maximum Gasteiger partial charge on any atom is 0.243 e. The topological polar surface area (TPSA) is 49.4 Å². The zero-order chi connectivity index (χ0) is 22.9. The van der Waals surface area contributed by atoms with E-state index in [0.717, 1.165) is 29.7 Å². The molecule has 1 N–H and O–H groups in total. The van der Waals surface area contributed by atoms with Crippen molar-refractivity contribution in [3.63, 3.8) is 0 Å². The van der Waals surface area contributed by atoms with Gasteiger partial charge in [0.05, 0.1) is 5.75 Å². The maximum absolute atomic E-state index is 13.4. The molecule has 1 aliphatic rings. The quantitative estimate of drug-likeness (QED) is 0.525. The minimum absolute atomic E-state index is 0.00924. The van der Waals surface area contributed by atoms with Crippen LogP contribution in [0.5, 0.6) is 0 Å². The Labute approximate surface area is 197 Å². The highest BCUT2D eigenvalue weighted by molar-refractivity contribution is 7.99. The number of rotatable bonds is 10. The predicted octanol–water partition coefficient (Wildman–Crippen LogP) is 5.40. The molecule has 2 aromatic rings. The molecule has 2 amide bonds. The van der Waals surface area contributed by atoms with Crippen LogP contribution in [0.4, 0.5) is 0 Å². The molecule has 0 aliphatic heterocycles. The highest BCUT2D eigenvalue weighted by Gasteiger charge is 2.30. The van der Waals surface area contributed by atoms with Crippen molar-refractivity contribution in [1.29, 1.82) is 0 Å². The average molecular weight is 453 g/mol. The molecular weight excluding hydrogens is 416 g/mol. The number of carbonyl (C=O) groups excluding carboxylic acids is 2. The SMILES string of the molecule is CC[C@@H](C(=O)NC1CCCC1)N(Cc1ccccc1C)C(=O)CSCc1cccc(C)c1. The van der Waals surface area contributed by atoms with E-state index in [1.807, 2.05) is 19.1 Å². The molecule has 0 spiro atoms. The first-order valence-electron chi connectivity index (χ1n) is 11.8. The first-order valence-corrected chi connectivity index (χ1v) is 12.9. The van der Waals surface area contributed by atoms with Crippen molar-refractivity contribution in [2.75, 3.05) is 5.75 Å². The number of aryl methyl sites for hydroxylation is 2. The van der Waals surface area contributed by atoms with Gasteiger partial charge < -0.3 is 10.2 Å². The first kappa shape index (κ1) is 24.4. The lowest BCUT2D eigenvalue weighted by molar-refractivity contribution is -0.139. The fourth-order valence-electron chi connectivity index (χ4n) is 4.40. The molecule has 32 heavy (non-hydrogen) atoms. The van der Waals surface area contributed by atoms with E-state index in [0.29, 0.717) is 18.7 Å². The van der Waals surface area contributed by atoms with Gasteiger partial charge in [-0.1, -0.05) is 73.9 Å². The molecule has 0 unspecified atom stereocenters. The third-order valence-corrected chi connectivity index (χ3v) is 7.25. The molecule has 0 aromatic heterocycles. The summed E-state index contributed by atoms with van der Waals surface area (Å²) in [4.78, 5) is 28.4. The molecule has 4 nitrogen and oxygen atoms in total. The number of nitrogens with zero attached hydrogens (tertiary/aromatic N) is 1. The molecular formula is C27H36N2O2S. The highest BCUT2D eigenvalue weighted by Crippen LogP contribution is 2.21. The number of amides is 2. The van der Waals surface area contributed by atoms with Crippen molar-refractivity contribution in [3.8, 4) is 0 Å². The van der Waals surface area contributed by atoms with Crippen LogP contribution in [0, 0.1) is 13.8 Å². The normalized spacial score (nSPS) is 14.8. The molecule has 2 aromatic carbocycles. The van der Waals surface area contributed by atoms with E-state index in [1.165, 1.54) is 24.0 Å². The average Bonchev–Trinajstić information content (AvgIpc) is 3.28. The largest absolute Gasteiger partial charge is 0.352 e. The minimum atomic E-state index is -0.442. The van der Waals surface area contributed by atoms with Gasteiger partial charge in [0.1, 0.15) is 6.04 Å². The lowest BCUT2D eigenvalue weighted by atomic mass is 10.1. The van der Waals surface area contributed by atoms with E-state index in [2.05, 4.69) is 55.6 Å². The number of thioether (sulfide) groups is 1. The van der Waals surface area contributed by atoms with Gasteiger partial charge in [0.15, 0.2) is 0 Å². The number of hydrogen-bond acceptors (Lipinski definition) is 3. The Balaban J connectivity index is 1.71. The Bertz CT molecular complexity index is 908. The molecule has 1 fully saturated rings. The van der Waals surface area contributed by atoms with E-state index < -0.39 is 6.04 Å². The summed E-state index contributed by atoms with van der Waals surface area (Å²) in [5, 5.41) is 3.21. The van der Waals surface area contributed by atoms with Gasteiger partial charge in [-0.2, -0.15) is 0 Å². The summed E-state index contributed by atoms with van der Waals surface area (Å²) < 4.78 is 0. The van der Waals surface area contributed by atoms with E-state index >= 15 is 0 Å². The third kappa shape index (κ3) is 6.86. The Morgan fingerprint density at radius 1 is 1.09 bits per heavy atom. The van der Waals surface area contributed by atoms with Crippen LogP contribution < -0.4 is 5.32 Å². The second-order valence-corrected chi connectivity index (χ2v) is 9.83. The summed E-state index contributed by atoms with van der Waals surface area (Å²) in [6.07, 6.45) is 5.03. The Hall–Kier alpha value is -2.27. The van der Waals surface area contributed by atoms with Gasteiger partial charge in [-0.15, -0.1) is 11.8 Å². The summed E-state index contributed by atoms with van der Waals surface area (Å²) in [7, 11) is 0. The summed E-state index contributed by atoms with van der Waals surface area (Å²) in [5.74, 6) is 1.17. The van der Waals surface area contributed by atoms with Crippen LogP contribution in [-0.4, -0.2) is 34.6 Å². The van der Waals surface area contributed by atoms with Crippen LogP contribution >= 0.6 is 11.8 Å². The van der Waals surface area contributed by atoms with Crippen LogP contribution in [0.3, 0.4) is 0 Å². The molecule has 3 rings (SSSR count).